The number of aliphatic carboxylic acids is 1. The second-order valence-corrected chi connectivity index (χ2v) is 4.70. The third kappa shape index (κ3) is 2.53. The van der Waals surface area contributed by atoms with E-state index in [2.05, 4.69) is 0 Å². The number of phenolic OH excluding ortho intramolecular Hbond substituents is 1. The second-order valence-electron chi connectivity index (χ2n) is 4.70. The number of phenols is 1. The molecule has 1 saturated heterocycles. The zero-order valence-corrected chi connectivity index (χ0v) is 10.4. The number of aryl methyl sites for hydroxylation is 1. The molecule has 1 fully saturated rings. The Morgan fingerprint density at radius 3 is 2.63 bits per heavy atom. The van der Waals surface area contributed by atoms with Gasteiger partial charge in [-0.15, -0.1) is 0 Å². The molecule has 1 aromatic rings. The van der Waals surface area contributed by atoms with Crippen molar-refractivity contribution in [3.05, 3.63) is 29.3 Å². The monoisotopic (exact) mass is 265 g/mol. The van der Waals surface area contributed by atoms with Crippen molar-refractivity contribution < 1.29 is 24.9 Å². The van der Waals surface area contributed by atoms with Crippen LogP contribution in [0.5, 0.6) is 5.75 Å². The fourth-order valence-electron chi connectivity index (χ4n) is 2.23. The predicted octanol–water partition coefficient (Wildman–Crippen LogP) is 0.361. The second kappa shape index (κ2) is 4.89. The normalized spacial score (nSPS) is 22.5. The number of carbonyl (C=O) groups is 2. The largest absolute Gasteiger partial charge is 0.508 e. The van der Waals surface area contributed by atoms with E-state index < -0.39 is 24.0 Å². The highest BCUT2D eigenvalue weighted by Gasteiger charge is 2.39. The first-order valence-electron chi connectivity index (χ1n) is 5.91. The minimum Gasteiger partial charge on any atom is -0.508 e. The molecular weight excluding hydrogens is 250 g/mol. The number of hydrogen-bond acceptors (Lipinski definition) is 4. The molecule has 1 aliphatic rings. The summed E-state index contributed by atoms with van der Waals surface area (Å²) in [5, 5.41) is 28.0. The van der Waals surface area contributed by atoms with Gasteiger partial charge in [0.1, 0.15) is 11.8 Å². The van der Waals surface area contributed by atoms with Crippen LogP contribution in [0.4, 0.5) is 0 Å². The van der Waals surface area contributed by atoms with Crippen LogP contribution in [-0.4, -0.2) is 50.8 Å². The highest BCUT2D eigenvalue weighted by molar-refractivity contribution is 5.97. The van der Waals surface area contributed by atoms with Gasteiger partial charge in [0.2, 0.25) is 0 Å². The Morgan fingerprint density at radius 2 is 2.05 bits per heavy atom. The van der Waals surface area contributed by atoms with Crippen molar-refractivity contribution in [3.8, 4) is 5.75 Å². The van der Waals surface area contributed by atoms with Crippen molar-refractivity contribution in [2.45, 2.75) is 25.5 Å². The Kier molecular flexibility index (Phi) is 3.44. The molecule has 6 nitrogen and oxygen atoms in total. The number of aromatic hydroxyl groups is 1. The minimum absolute atomic E-state index is 0.00965. The van der Waals surface area contributed by atoms with E-state index in [0.717, 1.165) is 4.90 Å². The highest BCUT2D eigenvalue weighted by Crippen LogP contribution is 2.23. The summed E-state index contributed by atoms with van der Waals surface area (Å²) in [4.78, 5) is 24.5. The Balaban J connectivity index is 2.27. The van der Waals surface area contributed by atoms with Crippen LogP contribution >= 0.6 is 0 Å². The quantitative estimate of drug-likeness (QED) is 0.717. The molecule has 0 spiro atoms. The molecule has 3 N–H and O–H groups in total. The molecule has 6 heteroatoms. The zero-order valence-electron chi connectivity index (χ0n) is 10.4. The molecule has 0 aliphatic carbocycles. The van der Waals surface area contributed by atoms with Crippen LogP contribution in [0.25, 0.3) is 0 Å². The number of hydrogen-bond donors (Lipinski definition) is 3. The van der Waals surface area contributed by atoms with Crippen molar-refractivity contribution in [2.75, 3.05) is 6.54 Å². The topological polar surface area (TPSA) is 98.1 Å². The summed E-state index contributed by atoms with van der Waals surface area (Å²) < 4.78 is 0. The number of carboxylic acids is 1. The first-order valence-corrected chi connectivity index (χ1v) is 5.91. The lowest BCUT2D eigenvalue weighted by molar-refractivity contribution is -0.141. The molecule has 0 bridgehead atoms. The third-order valence-electron chi connectivity index (χ3n) is 3.27. The summed E-state index contributed by atoms with van der Waals surface area (Å²) in [7, 11) is 0. The van der Waals surface area contributed by atoms with E-state index in [4.69, 9.17) is 5.11 Å². The summed E-state index contributed by atoms with van der Waals surface area (Å²) in [6, 6.07) is 3.33. The van der Waals surface area contributed by atoms with Crippen LogP contribution in [0.15, 0.2) is 18.2 Å². The van der Waals surface area contributed by atoms with E-state index in [9.17, 15) is 19.8 Å². The van der Waals surface area contributed by atoms with Gasteiger partial charge in [0, 0.05) is 18.5 Å². The summed E-state index contributed by atoms with van der Waals surface area (Å²) in [6.45, 7) is 1.66. The molecule has 1 amide bonds. The SMILES string of the molecule is Cc1cc(C(=O)N2CC(O)CC2C(=O)O)ccc1O. The average molecular weight is 265 g/mol. The molecule has 1 heterocycles. The van der Waals surface area contributed by atoms with Crippen LogP contribution in [0.2, 0.25) is 0 Å². The first kappa shape index (κ1) is 13.4. The number of carboxylic acid groups (broad SMARTS) is 1. The first-order chi connectivity index (χ1) is 8.90. The van der Waals surface area contributed by atoms with Crippen molar-refractivity contribution >= 4 is 11.9 Å². The molecule has 2 rings (SSSR count). The van der Waals surface area contributed by atoms with E-state index in [1.165, 1.54) is 18.2 Å². The van der Waals surface area contributed by atoms with Gasteiger partial charge >= 0.3 is 5.97 Å². The van der Waals surface area contributed by atoms with E-state index in [1.807, 2.05) is 0 Å². The number of rotatable bonds is 2. The molecule has 2 atom stereocenters. The predicted molar refractivity (Wildman–Crippen MR) is 65.9 cm³/mol. The summed E-state index contributed by atoms with van der Waals surface area (Å²) in [5.74, 6) is -1.50. The Hall–Kier alpha value is -2.08. The maximum atomic E-state index is 12.2. The van der Waals surface area contributed by atoms with Gasteiger partial charge in [0.15, 0.2) is 0 Å². The van der Waals surface area contributed by atoms with Crippen LogP contribution in [0.1, 0.15) is 22.3 Å². The summed E-state index contributed by atoms with van der Waals surface area (Å²) >= 11 is 0. The fourth-order valence-corrected chi connectivity index (χ4v) is 2.23. The van der Waals surface area contributed by atoms with Crippen molar-refractivity contribution in [1.29, 1.82) is 0 Å². The molecule has 2 unspecified atom stereocenters. The molecular formula is C13H15NO5. The summed E-state index contributed by atoms with van der Waals surface area (Å²) in [5.41, 5.74) is 0.841. The van der Waals surface area contributed by atoms with Crippen LogP contribution in [0.3, 0.4) is 0 Å². The molecule has 102 valence electrons. The van der Waals surface area contributed by atoms with Gasteiger partial charge in [-0.05, 0) is 30.7 Å². The number of benzene rings is 1. The van der Waals surface area contributed by atoms with E-state index in [0.29, 0.717) is 11.1 Å². The number of carbonyl (C=O) groups excluding carboxylic acids is 1. The van der Waals surface area contributed by atoms with Gasteiger partial charge in [-0.3, -0.25) is 4.79 Å². The highest BCUT2D eigenvalue weighted by atomic mass is 16.4. The number of nitrogens with zero attached hydrogens (tertiary/aromatic N) is 1. The van der Waals surface area contributed by atoms with Crippen LogP contribution in [-0.2, 0) is 4.79 Å². The molecule has 0 saturated carbocycles. The number of aliphatic hydroxyl groups is 1. The number of β-amino-alcohol motifs (C(OH)–C–C–N with tert-alkyl or cyclic N) is 1. The van der Waals surface area contributed by atoms with Crippen molar-refractivity contribution in [3.63, 3.8) is 0 Å². The molecule has 0 aromatic heterocycles. The zero-order chi connectivity index (χ0) is 14.2. The lowest BCUT2D eigenvalue weighted by Gasteiger charge is -2.21. The Labute approximate surface area is 109 Å². The van der Waals surface area contributed by atoms with E-state index in [-0.39, 0.29) is 18.7 Å². The van der Waals surface area contributed by atoms with Gasteiger partial charge in [-0.1, -0.05) is 0 Å². The van der Waals surface area contributed by atoms with Gasteiger partial charge in [-0.25, -0.2) is 4.79 Å². The van der Waals surface area contributed by atoms with Crippen molar-refractivity contribution in [1.82, 2.24) is 4.90 Å². The smallest absolute Gasteiger partial charge is 0.326 e. The van der Waals surface area contributed by atoms with Gasteiger partial charge in [-0.2, -0.15) is 0 Å². The molecule has 0 radical (unpaired) electrons. The van der Waals surface area contributed by atoms with E-state index in [1.54, 1.807) is 6.92 Å². The van der Waals surface area contributed by atoms with Gasteiger partial charge in [0.05, 0.1) is 6.10 Å². The fraction of sp³-hybridized carbons (Fsp3) is 0.385. The Bertz CT molecular complexity index is 528. The third-order valence-corrected chi connectivity index (χ3v) is 3.27. The van der Waals surface area contributed by atoms with Crippen molar-refractivity contribution in [2.24, 2.45) is 0 Å². The van der Waals surface area contributed by atoms with Crippen LogP contribution < -0.4 is 0 Å². The number of amides is 1. The minimum atomic E-state index is -1.12. The molecule has 1 aromatic carbocycles. The lowest BCUT2D eigenvalue weighted by Crippen LogP contribution is -2.40. The van der Waals surface area contributed by atoms with Gasteiger partial charge < -0.3 is 20.2 Å². The number of likely N-dealkylation sites (tertiary alicyclic amines) is 1. The number of aliphatic hydroxyl groups excluding tert-OH is 1. The van der Waals surface area contributed by atoms with Crippen LogP contribution in [0, 0.1) is 6.92 Å². The molecule has 1 aliphatic heterocycles. The average Bonchev–Trinajstić information content (AvgIpc) is 2.74. The van der Waals surface area contributed by atoms with E-state index >= 15 is 0 Å². The Morgan fingerprint density at radius 1 is 1.37 bits per heavy atom. The standard InChI is InChI=1S/C13H15NO5/c1-7-4-8(2-3-11(7)16)12(17)14-6-9(15)5-10(14)13(18)19/h2-4,9-10,15-16H,5-6H2,1H3,(H,18,19). The maximum Gasteiger partial charge on any atom is 0.326 e. The van der Waals surface area contributed by atoms with Gasteiger partial charge in [0.25, 0.3) is 5.91 Å². The summed E-state index contributed by atoms with van der Waals surface area (Å²) in [6.07, 6.45) is -0.777. The maximum absolute atomic E-state index is 12.2. The lowest BCUT2D eigenvalue weighted by atomic mass is 10.1. The molecule has 19 heavy (non-hydrogen) atoms.